The summed E-state index contributed by atoms with van der Waals surface area (Å²) in [6, 6.07) is 6.80. The zero-order valence-electron chi connectivity index (χ0n) is 13.4. The molecule has 2 aliphatic rings. The van der Waals surface area contributed by atoms with Gasteiger partial charge >= 0.3 is 0 Å². The molecule has 0 aromatic heterocycles. The number of anilines is 1. The van der Waals surface area contributed by atoms with Crippen molar-refractivity contribution in [1.29, 1.82) is 0 Å². The van der Waals surface area contributed by atoms with Gasteiger partial charge in [0.25, 0.3) is 0 Å². The van der Waals surface area contributed by atoms with Gasteiger partial charge in [-0.1, -0.05) is 6.07 Å². The first-order chi connectivity index (χ1) is 11.0. The van der Waals surface area contributed by atoms with Crippen LogP contribution in [0.4, 0.5) is 5.69 Å². The van der Waals surface area contributed by atoms with Crippen LogP contribution in [0.25, 0.3) is 0 Å². The van der Waals surface area contributed by atoms with E-state index >= 15 is 0 Å². The molecule has 126 valence electrons. The summed E-state index contributed by atoms with van der Waals surface area (Å²) >= 11 is 0. The van der Waals surface area contributed by atoms with Crippen molar-refractivity contribution in [3.05, 3.63) is 24.3 Å². The number of amides is 1. The average Bonchev–Trinajstić information content (AvgIpc) is 3.18. The van der Waals surface area contributed by atoms with Gasteiger partial charge in [-0.3, -0.25) is 9.69 Å². The number of hydrogen-bond donors (Lipinski definition) is 1. The lowest BCUT2D eigenvalue weighted by molar-refractivity contribution is -0.114. The second-order valence-electron chi connectivity index (χ2n) is 6.26. The number of nitrogens with one attached hydrogen (secondary N) is 1. The number of benzene rings is 1. The second-order valence-corrected chi connectivity index (χ2v) is 8.20. The molecular formula is C16H23N3O3S. The molecule has 1 unspecified atom stereocenters. The summed E-state index contributed by atoms with van der Waals surface area (Å²) in [5.74, 6) is -0.213. The van der Waals surface area contributed by atoms with E-state index in [1.54, 1.807) is 22.5 Å². The summed E-state index contributed by atoms with van der Waals surface area (Å²) in [4.78, 5) is 13.8. The molecular weight excluding hydrogens is 314 g/mol. The topological polar surface area (TPSA) is 69.7 Å². The molecule has 0 aliphatic carbocycles. The Labute approximate surface area is 137 Å². The smallest absolute Gasteiger partial charge is 0.243 e. The summed E-state index contributed by atoms with van der Waals surface area (Å²) < 4.78 is 27.2. The molecule has 6 nitrogen and oxygen atoms in total. The maximum absolute atomic E-state index is 12.8. The molecule has 1 atom stereocenters. The van der Waals surface area contributed by atoms with Gasteiger partial charge in [-0.2, -0.15) is 4.31 Å². The Balaban J connectivity index is 1.75. The Morgan fingerprint density at radius 2 is 1.96 bits per heavy atom. The predicted octanol–water partition coefficient (Wildman–Crippen LogP) is 1.50. The molecule has 1 aromatic carbocycles. The van der Waals surface area contributed by atoms with Crippen molar-refractivity contribution in [2.24, 2.45) is 0 Å². The van der Waals surface area contributed by atoms with Gasteiger partial charge < -0.3 is 5.32 Å². The highest BCUT2D eigenvalue weighted by Crippen LogP contribution is 2.26. The predicted molar refractivity (Wildman–Crippen MR) is 88.7 cm³/mol. The molecule has 1 amide bonds. The van der Waals surface area contributed by atoms with Crippen molar-refractivity contribution in [3.8, 4) is 0 Å². The van der Waals surface area contributed by atoms with Gasteiger partial charge in [0.05, 0.1) is 4.90 Å². The minimum atomic E-state index is -3.50. The number of rotatable bonds is 4. The van der Waals surface area contributed by atoms with E-state index in [2.05, 4.69) is 10.2 Å². The fourth-order valence-corrected chi connectivity index (χ4v) is 4.96. The Kier molecular flexibility index (Phi) is 4.70. The van der Waals surface area contributed by atoms with Gasteiger partial charge in [-0.25, -0.2) is 8.42 Å². The molecule has 3 rings (SSSR count). The van der Waals surface area contributed by atoms with Gasteiger partial charge in [0.15, 0.2) is 0 Å². The fourth-order valence-electron chi connectivity index (χ4n) is 3.42. The molecule has 2 saturated heterocycles. The average molecular weight is 337 g/mol. The van der Waals surface area contributed by atoms with Gasteiger partial charge in [0.2, 0.25) is 15.9 Å². The first kappa shape index (κ1) is 16.4. The van der Waals surface area contributed by atoms with Crippen LogP contribution < -0.4 is 5.32 Å². The molecule has 2 aliphatic heterocycles. The number of carbonyl (C=O) groups excluding carboxylic acids is 1. The van der Waals surface area contributed by atoms with Gasteiger partial charge in [-0.15, -0.1) is 0 Å². The third-order valence-electron chi connectivity index (χ3n) is 4.58. The van der Waals surface area contributed by atoms with Crippen molar-refractivity contribution in [2.75, 3.05) is 31.5 Å². The summed E-state index contributed by atoms with van der Waals surface area (Å²) in [7, 11) is -3.50. The molecule has 2 fully saturated rings. The Hall–Kier alpha value is -1.44. The fraction of sp³-hybridized carbons (Fsp3) is 0.562. The largest absolute Gasteiger partial charge is 0.326 e. The van der Waals surface area contributed by atoms with Crippen LogP contribution in [0.15, 0.2) is 29.2 Å². The molecule has 0 bridgehead atoms. The van der Waals surface area contributed by atoms with E-state index in [9.17, 15) is 13.2 Å². The highest BCUT2D eigenvalue weighted by atomic mass is 32.2. The van der Waals surface area contributed by atoms with Crippen LogP contribution in [0.5, 0.6) is 0 Å². The lowest BCUT2D eigenvalue weighted by Crippen LogP contribution is -2.37. The van der Waals surface area contributed by atoms with Crippen LogP contribution in [0.1, 0.15) is 26.2 Å². The van der Waals surface area contributed by atoms with Gasteiger partial charge in [-0.05, 0) is 50.6 Å². The van der Waals surface area contributed by atoms with E-state index in [0.717, 1.165) is 19.5 Å². The van der Waals surface area contributed by atoms with Crippen LogP contribution in [0.3, 0.4) is 0 Å². The summed E-state index contributed by atoms with van der Waals surface area (Å²) in [5.41, 5.74) is 0.508. The summed E-state index contributed by atoms with van der Waals surface area (Å²) in [5, 5.41) is 2.63. The Morgan fingerprint density at radius 3 is 2.65 bits per heavy atom. The highest BCUT2D eigenvalue weighted by Gasteiger charge is 2.35. The highest BCUT2D eigenvalue weighted by molar-refractivity contribution is 7.89. The minimum Gasteiger partial charge on any atom is -0.326 e. The minimum absolute atomic E-state index is 0.213. The van der Waals surface area contributed by atoms with E-state index in [0.29, 0.717) is 24.8 Å². The first-order valence-electron chi connectivity index (χ1n) is 8.09. The molecule has 7 heteroatoms. The van der Waals surface area contributed by atoms with Crippen LogP contribution in [-0.4, -0.2) is 55.8 Å². The van der Waals surface area contributed by atoms with Crippen molar-refractivity contribution in [1.82, 2.24) is 9.21 Å². The zero-order chi connectivity index (χ0) is 16.4. The zero-order valence-corrected chi connectivity index (χ0v) is 14.2. The van der Waals surface area contributed by atoms with Crippen LogP contribution in [0.2, 0.25) is 0 Å². The molecule has 0 radical (unpaired) electrons. The maximum atomic E-state index is 12.8. The van der Waals surface area contributed by atoms with Gasteiger partial charge in [0.1, 0.15) is 0 Å². The third-order valence-corrected chi connectivity index (χ3v) is 6.44. The second kappa shape index (κ2) is 6.59. The van der Waals surface area contributed by atoms with Crippen LogP contribution in [0, 0.1) is 0 Å². The first-order valence-corrected chi connectivity index (χ1v) is 9.53. The van der Waals surface area contributed by atoms with Crippen LogP contribution in [-0.2, 0) is 14.8 Å². The van der Waals surface area contributed by atoms with E-state index in [1.165, 1.54) is 25.8 Å². The quantitative estimate of drug-likeness (QED) is 0.904. The lowest BCUT2D eigenvalue weighted by atomic mass is 10.2. The lowest BCUT2D eigenvalue weighted by Gasteiger charge is -2.23. The van der Waals surface area contributed by atoms with Crippen molar-refractivity contribution < 1.29 is 13.2 Å². The van der Waals surface area contributed by atoms with Gasteiger partial charge in [0, 0.05) is 31.7 Å². The van der Waals surface area contributed by atoms with Crippen molar-refractivity contribution in [2.45, 2.75) is 37.1 Å². The molecule has 23 heavy (non-hydrogen) atoms. The molecule has 1 aromatic rings. The molecule has 1 N–H and O–H groups in total. The van der Waals surface area contributed by atoms with E-state index in [1.807, 2.05) is 0 Å². The van der Waals surface area contributed by atoms with Crippen molar-refractivity contribution >= 4 is 21.6 Å². The molecule has 2 heterocycles. The number of sulfonamides is 1. The van der Waals surface area contributed by atoms with Crippen molar-refractivity contribution in [3.63, 3.8) is 0 Å². The SMILES string of the molecule is CC(=O)Nc1cccc(S(=O)(=O)N2CCC(N3CCCC3)C2)c1. The molecule has 0 saturated carbocycles. The number of likely N-dealkylation sites (tertiary alicyclic amines) is 1. The Bertz CT molecular complexity index is 684. The summed E-state index contributed by atoms with van der Waals surface area (Å²) in [6.45, 7) is 4.69. The molecule has 0 spiro atoms. The van der Waals surface area contributed by atoms with Crippen LogP contribution >= 0.6 is 0 Å². The van der Waals surface area contributed by atoms with E-state index < -0.39 is 10.0 Å². The number of carbonyl (C=O) groups is 1. The van der Waals surface area contributed by atoms with E-state index in [-0.39, 0.29) is 10.8 Å². The summed E-state index contributed by atoms with van der Waals surface area (Å²) in [6.07, 6.45) is 3.31. The van der Waals surface area contributed by atoms with E-state index in [4.69, 9.17) is 0 Å². The standard InChI is InChI=1S/C16H23N3O3S/c1-13(20)17-14-5-4-6-16(11-14)23(21,22)19-10-7-15(12-19)18-8-2-3-9-18/h4-6,11,15H,2-3,7-10,12H2,1H3,(H,17,20). The number of hydrogen-bond acceptors (Lipinski definition) is 4. The normalized spacial score (nSPS) is 23.3. The maximum Gasteiger partial charge on any atom is 0.243 e. The Morgan fingerprint density at radius 1 is 1.22 bits per heavy atom. The third kappa shape index (κ3) is 3.57. The number of nitrogens with zero attached hydrogens (tertiary/aromatic N) is 2. The monoisotopic (exact) mass is 337 g/mol.